The Bertz CT molecular complexity index is 544. The summed E-state index contributed by atoms with van der Waals surface area (Å²) in [5, 5.41) is 0. The predicted octanol–water partition coefficient (Wildman–Crippen LogP) is 3.83. The smallest absolute Gasteiger partial charge is 0.311 e. The van der Waals surface area contributed by atoms with Crippen LogP contribution < -0.4 is 0 Å². The molecule has 96 valence electrons. The van der Waals surface area contributed by atoms with Crippen molar-refractivity contribution in [3.63, 3.8) is 0 Å². The minimum atomic E-state index is -0.252. The second-order valence-corrected chi connectivity index (χ2v) is 4.25. The van der Waals surface area contributed by atoms with Gasteiger partial charge in [0.15, 0.2) is 0 Å². The highest BCUT2D eigenvalue weighted by Crippen LogP contribution is 2.14. The number of esters is 1. The van der Waals surface area contributed by atoms with Gasteiger partial charge < -0.3 is 4.74 Å². The molecule has 0 saturated heterocycles. The SMILES string of the molecule is C=C(OC(=O)CCc1ccccc1)c1ccccc1. The van der Waals surface area contributed by atoms with E-state index in [9.17, 15) is 4.79 Å². The predicted molar refractivity (Wildman–Crippen MR) is 76.3 cm³/mol. The van der Waals surface area contributed by atoms with Crippen LogP contribution in [-0.2, 0) is 16.0 Å². The quantitative estimate of drug-likeness (QED) is 0.597. The van der Waals surface area contributed by atoms with E-state index in [1.807, 2.05) is 60.7 Å². The number of aryl methyl sites for hydroxylation is 1. The fraction of sp³-hybridized carbons (Fsp3) is 0.118. The molecule has 19 heavy (non-hydrogen) atoms. The first-order chi connectivity index (χ1) is 9.25. The molecular weight excluding hydrogens is 236 g/mol. The van der Waals surface area contributed by atoms with Crippen LogP contribution in [0, 0.1) is 0 Å². The summed E-state index contributed by atoms with van der Waals surface area (Å²) in [4.78, 5) is 11.7. The molecule has 0 radical (unpaired) electrons. The number of rotatable bonds is 5. The van der Waals surface area contributed by atoms with E-state index < -0.39 is 0 Å². The monoisotopic (exact) mass is 252 g/mol. The maximum Gasteiger partial charge on any atom is 0.311 e. The van der Waals surface area contributed by atoms with Gasteiger partial charge in [-0.3, -0.25) is 4.79 Å². The van der Waals surface area contributed by atoms with Crippen molar-refractivity contribution in [1.29, 1.82) is 0 Å². The molecule has 2 rings (SSSR count). The second-order valence-electron chi connectivity index (χ2n) is 4.25. The Balaban J connectivity index is 1.83. The van der Waals surface area contributed by atoms with Gasteiger partial charge in [-0.15, -0.1) is 0 Å². The van der Waals surface area contributed by atoms with Crippen LogP contribution in [0.3, 0.4) is 0 Å². The molecule has 0 atom stereocenters. The standard InChI is InChI=1S/C17H16O2/c1-14(16-10-6-3-7-11-16)19-17(18)13-12-15-8-4-2-5-9-15/h2-11H,1,12-13H2. The molecule has 0 amide bonds. The normalized spacial score (nSPS) is 9.89. The number of carbonyl (C=O) groups excluding carboxylic acids is 1. The van der Waals surface area contributed by atoms with E-state index in [4.69, 9.17) is 4.74 Å². The van der Waals surface area contributed by atoms with Gasteiger partial charge in [0.2, 0.25) is 0 Å². The Hall–Kier alpha value is -2.35. The van der Waals surface area contributed by atoms with Gasteiger partial charge in [0.25, 0.3) is 0 Å². The Kier molecular flexibility index (Phi) is 4.51. The van der Waals surface area contributed by atoms with Crippen molar-refractivity contribution in [3.8, 4) is 0 Å². The highest BCUT2D eigenvalue weighted by Gasteiger charge is 2.07. The summed E-state index contributed by atoms with van der Waals surface area (Å²) >= 11 is 0. The lowest BCUT2D eigenvalue weighted by molar-refractivity contribution is -0.136. The number of carbonyl (C=O) groups is 1. The molecule has 0 spiro atoms. The second kappa shape index (κ2) is 6.55. The third-order valence-electron chi connectivity index (χ3n) is 2.79. The van der Waals surface area contributed by atoms with E-state index in [0.717, 1.165) is 11.1 Å². The summed E-state index contributed by atoms with van der Waals surface area (Å²) in [6, 6.07) is 19.3. The molecule has 0 aromatic heterocycles. The lowest BCUT2D eigenvalue weighted by atomic mass is 10.1. The zero-order chi connectivity index (χ0) is 13.5. The molecule has 0 aliphatic heterocycles. The summed E-state index contributed by atoms with van der Waals surface area (Å²) in [5.74, 6) is 0.149. The fourth-order valence-electron chi connectivity index (χ4n) is 1.76. The van der Waals surface area contributed by atoms with Crippen molar-refractivity contribution in [1.82, 2.24) is 0 Å². The van der Waals surface area contributed by atoms with Crippen LogP contribution in [0.4, 0.5) is 0 Å². The molecule has 0 bridgehead atoms. The third-order valence-corrected chi connectivity index (χ3v) is 2.79. The largest absolute Gasteiger partial charge is 0.427 e. The van der Waals surface area contributed by atoms with Crippen LogP contribution in [0.2, 0.25) is 0 Å². The maximum atomic E-state index is 11.7. The molecule has 2 heteroatoms. The Morgan fingerprint density at radius 2 is 1.53 bits per heavy atom. The van der Waals surface area contributed by atoms with Crippen LogP contribution in [0.15, 0.2) is 67.2 Å². The molecule has 2 nitrogen and oxygen atoms in total. The first-order valence-electron chi connectivity index (χ1n) is 6.24. The highest BCUT2D eigenvalue weighted by molar-refractivity contribution is 5.77. The van der Waals surface area contributed by atoms with Crippen LogP contribution in [0.5, 0.6) is 0 Å². The summed E-state index contributed by atoms with van der Waals surface area (Å²) in [6.45, 7) is 3.78. The summed E-state index contributed by atoms with van der Waals surface area (Å²) in [6.07, 6.45) is 1.04. The van der Waals surface area contributed by atoms with Gasteiger partial charge in [0, 0.05) is 12.0 Å². The van der Waals surface area contributed by atoms with E-state index in [1.165, 1.54) is 0 Å². The molecule has 0 unspecified atom stereocenters. The van der Waals surface area contributed by atoms with Gasteiger partial charge in [-0.05, 0) is 12.0 Å². The Labute approximate surface area is 113 Å². The molecule has 0 fully saturated rings. The lowest BCUT2D eigenvalue weighted by Gasteiger charge is -2.07. The number of hydrogen-bond donors (Lipinski definition) is 0. The molecular formula is C17H16O2. The first kappa shape index (κ1) is 13.1. The van der Waals surface area contributed by atoms with Gasteiger partial charge >= 0.3 is 5.97 Å². The fourth-order valence-corrected chi connectivity index (χ4v) is 1.76. The van der Waals surface area contributed by atoms with Crippen molar-refractivity contribution in [2.75, 3.05) is 0 Å². The number of benzene rings is 2. The van der Waals surface area contributed by atoms with Crippen LogP contribution in [-0.4, -0.2) is 5.97 Å². The van der Waals surface area contributed by atoms with E-state index in [-0.39, 0.29) is 5.97 Å². The minimum absolute atomic E-state index is 0.252. The van der Waals surface area contributed by atoms with E-state index >= 15 is 0 Å². The zero-order valence-corrected chi connectivity index (χ0v) is 10.7. The third kappa shape index (κ3) is 4.11. The van der Waals surface area contributed by atoms with Crippen molar-refractivity contribution in [2.24, 2.45) is 0 Å². The van der Waals surface area contributed by atoms with E-state index in [1.54, 1.807) is 0 Å². The van der Waals surface area contributed by atoms with Gasteiger partial charge in [0.1, 0.15) is 5.76 Å². The van der Waals surface area contributed by atoms with Crippen molar-refractivity contribution in [2.45, 2.75) is 12.8 Å². The zero-order valence-electron chi connectivity index (χ0n) is 10.7. The molecule has 0 N–H and O–H groups in total. The lowest BCUT2D eigenvalue weighted by Crippen LogP contribution is -2.04. The van der Waals surface area contributed by atoms with Crippen molar-refractivity contribution >= 4 is 11.7 Å². The summed E-state index contributed by atoms with van der Waals surface area (Å²) < 4.78 is 5.22. The maximum absolute atomic E-state index is 11.7. The molecule has 2 aromatic rings. The van der Waals surface area contributed by atoms with Crippen LogP contribution in [0.1, 0.15) is 17.5 Å². The topological polar surface area (TPSA) is 26.3 Å². The van der Waals surface area contributed by atoms with Crippen LogP contribution in [0.25, 0.3) is 5.76 Å². The van der Waals surface area contributed by atoms with Gasteiger partial charge in [-0.1, -0.05) is 67.2 Å². The molecule has 0 saturated carbocycles. The average molecular weight is 252 g/mol. The van der Waals surface area contributed by atoms with E-state index in [0.29, 0.717) is 18.6 Å². The summed E-state index contributed by atoms with van der Waals surface area (Å²) in [5.41, 5.74) is 1.96. The van der Waals surface area contributed by atoms with Gasteiger partial charge in [0.05, 0.1) is 0 Å². The van der Waals surface area contributed by atoms with E-state index in [2.05, 4.69) is 6.58 Å². The highest BCUT2D eigenvalue weighted by atomic mass is 16.5. The molecule has 0 heterocycles. The first-order valence-corrected chi connectivity index (χ1v) is 6.24. The molecule has 0 aliphatic carbocycles. The van der Waals surface area contributed by atoms with Crippen molar-refractivity contribution in [3.05, 3.63) is 78.4 Å². The van der Waals surface area contributed by atoms with Crippen LogP contribution >= 0.6 is 0 Å². The Morgan fingerprint density at radius 1 is 0.947 bits per heavy atom. The number of hydrogen-bond acceptors (Lipinski definition) is 2. The summed E-state index contributed by atoms with van der Waals surface area (Å²) in [7, 11) is 0. The van der Waals surface area contributed by atoms with Gasteiger partial charge in [-0.25, -0.2) is 0 Å². The molecule has 2 aromatic carbocycles. The number of ether oxygens (including phenoxy) is 1. The average Bonchev–Trinajstić information content (AvgIpc) is 2.47. The molecule has 0 aliphatic rings. The Morgan fingerprint density at radius 3 is 2.16 bits per heavy atom. The minimum Gasteiger partial charge on any atom is -0.427 e. The van der Waals surface area contributed by atoms with Gasteiger partial charge in [-0.2, -0.15) is 0 Å². The van der Waals surface area contributed by atoms with Crippen molar-refractivity contribution < 1.29 is 9.53 Å².